The van der Waals surface area contributed by atoms with E-state index in [1.54, 1.807) is 6.92 Å². The zero-order valence-electron chi connectivity index (χ0n) is 10.1. The summed E-state index contributed by atoms with van der Waals surface area (Å²) in [5.41, 5.74) is 1.26. The van der Waals surface area contributed by atoms with Crippen molar-refractivity contribution in [3.05, 3.63) is 29.8 Å². The van der Waals surface area contributed by atoms with Crippen molar-refractivity contribution in [1.29, 1.82) is 0 Å². The number of benzene rings is 1. The number of ether oxygens (including phenoxy) is 1. The summed E-state index contributed by atoms with van der Waals surface area (Å²) in [5, 5.41) is 0. The molecule has 0 bridgehead atoms. The molecule has 2 unspecified atom stereocenters. The Bertz CT molecular complexity index is 378. The lowest BCUT2D eigenvalue weighted by atomic mass is 10.1. The molecule has 1 aromatic carbocycles. The minimum Gasteiger partial charge on any atom is -0.491 e. The van der Waals surface area contributed by atoms with Crippen LogP contribution in [0.5, 0.6) is 5.75 Å². The molecule has 0 radical (unpaired) electrons. The van der Waals surface area contributed by atoms with Crippen LogP contribution in [0, 0.1) is 5.92 Å². The van der Waals surface area contributed by atoms with Crippen LogP contribution in [0.4, 0.5) is 0 Å². The summed E-state index contributed by atoms with van der Waals surface area (Å²) in [6.45, 7) is 5.71. The fourth-order valence-electron chi connectivity index (χ4n) is 2.08. The van der Waals surface area contributed by atoms with Crippen molar-refractivity contribution in [2.45, 2.75) is 39.2 Å². The maximum atomic E-state index is 11.2. The van der Waals surface area contributed by atoms with Crippen molar-refractivity contribution in [2.24, 2.45) is 5.92 Å². The Balaban J connectivity index is 2.01. The van der Waals surface area contributed by atoms with Crippen LogP contribution >= 0.6 is 0 Å². The topological polar surface area (TPSA) is 26.3 Å². The van der Waals surface area contributed by atoms with Crippen LogP contribution in [-0.4, -0.2) is 11.9 Å². The third-order valence-corrected chi connectivity index (χ3v) is 2.99. The second kappa shape index (κ2) is 4.28. The second-order valence-corrected chi connectivity index (χ2v) is 4.79. The number of hydrogen-bond donors (Lipinski definition) is 0. The number of carbonyl (C=O) groups excluding carboxylic acids is 1. The third-order valence-electron chi connectivity index (χ3n) is 2.99. The van der Waals surface area contributed by atoms with Gasteiger partial charge in [-0.05, 0) is 50.8 Å². The molecular formula is C14H18O2. The van der Waals surface area contributed by atoms with Gasteiger partial charge in [0, 0.05) is 5.92 Å². The van der Waals surface area contributed by atoms with E-state index in [1.165, 1.54) is 5.56 Å². The Kier molecular flexibility index (Phi) is 2.99. The van der Waals surface area contributed by atoms with E-state index in [9.17, 15) is 4.79 Å². The molecular weight excluding hydrogens is 200 g/mol. The molecule has 86 valence electrons. The Morgan fingerprint density at radius 2 is 1.94 bits per heavy atom. The van der Waals surface area contributed by atoms with Gasteiger partial charge in [-0.2, -0.15) is 0 Å². The first-order valence-electron chi connectivity index (χ1n) is 5.85. The largest absolute Gasteiger partial charge is 0.491 e. The average molecular weight is 218 g/mol. The molecule has 1 aliphatic carbocycles. The van der Waals surface area contributed by atoms with Crippen molar-refractivity contribution in [3.8, 4) is 5.75 Å². The van der Waals surface area contributed by atoms with Crippen molar-refractivity contribution in [2.75, 3.05) is 0 Å². The molecule has 0 aliphatic heterocycles. The van der Waals surface area contributed by atoms with E-state index in [4.69, 9.17) is 4.74 Å². The van der Waals surface area contributed by atoms with Crippen molar-refractivity contribution in [3.63, 3.8) is 0 Å². The van der Waals surface area contributed by atoms with E-state index >= 15 is 0 Å². The first-order chi connectivity index (χ1) is 7.58. The van der Waals surface area contributed by atoms with Crippen molar-refractivity contribution < 1.29 is 9.53 Å². The van der Waals surface area contributed by atoms with Gasteiger partial charge in [-0.1, -0.05) is 12.1 Å². The zero-order valence-corrected chi connectivity index (χ0v) is 10.1. The highest BCUT2D eigenvalue weighted by atomic mass is 16.5. The van der Waals surface area contributed by atoms with E-state index in [-0.39, 0.29) is 12.0 Å². The Hall–Kier alpha value is -1.31. The maximum Gasteiger partial charge on any atom is 0.133 e. The van der Waals surface area contributed by atoms with Crippen LogP contribution in [0.15, 0.2) is 24.3 Å². The van der Waals surface area contributed by atoms with Crippen LogP contribution in [0.1, 0.15) is 38.7 Å². The fourth-order valence-corrected chi connectivity index (χ4v) is 2.08. The molecule has 0 heterocycles. The fraction of sp³-hybridized carbons (Fsp3) is 0.500. The van der Waals surface area contributed by atoms with Crippen LogP contribution in [0.3, 0.4) is 0 Å². The zero-order chi connectivity index (χ0) is 11.7. The SMILES string of the molecule is CC(=O)C1CC1c1ccc(OC(C)C)cc1. The molecule has 0 spiro atoms. The number of carbonyl (C=O) groups is 1. The molecule has 0 N–H and O–H groups in total. The highest BCUT2D eigenvalue weighted by Gasteiger charge is 2.41. The monoisotopic (exact) mass is 218 g/mol. The molecule has 2 atom stereocenters. The summed E-state index contributed by atoms with van der Waals surface area (Å²) >= 11 is 0. The molecule has 1 aromatic rings. The van der Waals surface area contributed by atoms with Crippen molar-refractivity contribution >= 4 is 5.78 Å². The predicted molar refractivity (Wildman–Crippen MR) is 63.7 cm³/mol. The standard InChI is InChI=1S/C14H18O2/c1-9(2)16-12-6-4-11(5-7-12)14-8-13(14)10(3)15/h4-7,9,13-14H,8H2,1-3H3. The molecule has 0 saturated heterocycles. The second-order valence-electron chi connectivity index (χ2n) is 4.79. The first-order valence-corrected chi connectivity index (χ1v) is 5.85. The van der Waals surface area contributed by atoms with Gasteiger partial charge in [0.25, 0.3) is 0 Å². The molecule has 2 rings (SSSR count). The van der Waals surface area contributed by atoms with Gasteiger partial charge in [-0.15, -0.1) is 0 Å². The Labute approximate surface area is 96.6 Å². The lowest BCUT2D eigenvalue weighted by Gasteiger charge is -2.09. The first kappa shape index (κ1) is 11.2. The lowest BCUT2D eigenvalue weighted by Crippen LogP contribution is -2.05. The predicted octanol–water partition coefficient (Wildman–Crippen LogP) is 3.17. The number of rotatable bonds is 4. The molecule has 1 saturated carbocycles. The summed E-state index contributed by atoms with van der Waals surface area (Å²) in [4.78, 5) is 11.2. The summed E-state index contributed by atoms with van der Waals surface area (Å²) in [6, 6.07) is 8.13. The minimum atomic E-state index is 0.205. The van der Waals surface area contributed by atoms with Crippen molar-refractivity contribution in [1.82, 2.24) is 0 Å². The quantitative estimate of drug-likeness (QED) is 0.776. The summed E-state index contributed by atoms with van der Waals surface area (Å²) in [5.74, 6) is 1.92. The van der Waals surface area contributed by atoms with Gasteiger partial charge in [0.2, 0.25) is 0 Å². The molecule has 2 nitrogen and oxygen atoms in total. The highest BCUT2D eigenvalue weighted by molar-refractivity contribution is 5.82. The van der Waals surface area contributed by atoms with Crippen LogP contribution in [-0.2, 0) is 4.79 Å². The van der Waals surface area contributed by atoms with E-state index in [0.29, 0.717) is 11.7 Å². The van der Waals surface area contributed by atoms with Gasteiger partial charge in [-0.3, -0.25) is 4.79 Å². The normalized spacial score (nSPS) is 23.2. The van der Waals surface area contributed by atoms with Gasteiger partial charge >= 0.3 is 0 Å². The van der Waals surface area contributed by atoms with Crippen LogP contribution < -0.4 is 4.74 Å². The summed E-state index contributed by atoms with van der Waals surface area (Å²) in [7, 11) is 0. The average Bonchev–Trinajstić information content (AvgIpc) is 2.97. The molecule has 16 heavy (non-hydrogen) atoms. The van der Waals surface area contributed by atoms with E-state index in [1.807, 2.05) is 26.0 Å². The van der Waals surface area contributed by atoms with Gasteiger partial charge in [0.15, 0.2) is 0 Å². The number of Topliss-reactive ketones (excluding diaryl/α,β-unsaturated/α-hetero) is 1. The third kappa shape index (κ3) is 2.43. The lowest BCUT2D eigenvalue weighted by molar-refractivity contribution is -0.118. The van der Waals surface area contributed by atoms with Gasteiger partial charge in [0.1, 0.15) is 11.5 Å². The smallest absolute Gasteiger partial charge is 0.133 e. The summed E-state index contributed by atoms with van der Waals surface area (Å²) < 4.78 is 5.58. The van der Waals surface area contributed by atoms with E-state index in [0.717, 1.165) is 12.2 Å². The highest BCUT2D eigenvalue weighted by Crippen LogP contribution is 2.48. The maximum absolute atomic E-state index is 11.2. The number of ketones is 1. The van der Waals surface area contributed by atoms with E-state index < -0.39 is 0 Å². The van der Waals surface area contributed by atoms with Gasteiger partial charge < -0.3 is 4.74 Å². The van der Waals surface area contributed by atoms with Crippen LogP contribution in [0.2, 0.25) is 0 Å². The van der Waals surface area contributed by atoms with E-state index in [2.05, 4.69) is 12.1 Å². The molecule has 2 heteroatoms. The molecule has 1 aliphatic rings. The summed E-state index contributed by atoms with van der Waals surface area (Å²) in [6.07, 6.45) is 1.22. The Morgan fingerprint density at radius 3 is 2.38 bits per heavy atom. The van der Waals surface area contributed by atoms with Gasteiger partial charge in [-0.25, -0.2) is 0 Å². The number of hydrogen-bond acceptors (Lipinski definition) is 2. The minimum absolute atomic E-state index is 0.205. The van der Waals surface area contributed by atoms with Gasteiger partial charge in [0.05, 0.1) is 6.10 Å². The molecule has 0 aromatic heterocycles. The molecule has 1 fully saturated rings. The Morgan fingerprint density at radius 1 is 1.31 bits per heavy atom. The molecule has 0 amide bonds. The van der Waals surface area contributed by atoms with Crippen LogP contribution in [0.25, 0.3) is 0 Å².